The van der Waals surface area contributed by atoms with Crippen molar-refractivity contribution in [1.29, 1.82) is 0 Å². The van der Waals surface area contributed by atoms with Crippen LogP contribution < -0.4 is 30.2 Å². The first-order valence-corrected chi connectivity index (χ1v) is 20.6. The first-order chi connectivity index (χ1) is 28.1. The van der Waals surface area contributed by atoms with E-state index in [2.05, 4.69) is 20.9 Å². The summed E-state index contributed by atoms with van der Waals surface area (Å²) < 4.78 is 17.7. The maximum atomic E-state index is 12.5. The molecule has 0 radical (unpaired) electrons. The molecule has 58 heavy (non-hydrogen) atoms. The van der Waals surface area contributed by atoms with Crippen molar-refractivity contribution in [2.24, 2.45) is 35.5 Å². The summed E-state index contributed by atoms with van der Waals surface area (Å²) in [6.07, 6.45) is 3.66. The first kappa shape index (κ1) is 42.9. The SMILES string of the molecule is COc1ccc(C[C@H](C(=O)O)[C@H]2CCNC2)cc1CN(Cc1cc(C[C@H](C(=O)O)[C@H]2CCNC2)ccc1OC)Cc1cc(C[C@H](C(=O)O)[C@H]2CCNC2)ccc1OC. The Balaban J connectivity index is 1.35. The number of aliphatic carboxylic acids is 3. The van der Waals surface area contributed by atoms with Crippen LogP contribution in [0.15, 0.2) is 54.6 Å². The van der Waals surface area contributed by atoms with Gasteiger partial charge in [0, 0.05) is 36.3 Å². The predicted octanol–water partition coefficient (Wildman–Crippen LogP) is 4.47. The minimum absolute atomic E-state index is 0.0512. The third-order valence-corrected chi connectivity index (χ3v) is 12.5. The van der Waals surface area contributed by atoms with Crippen LogP contribution in [0.3, 0.4) is 0 Å². The summed E-state index contributed by atoms with van der Waals surface area (Å²) in [7, 11) is 4.89. The van der Waals surface area contributed by atoms with Gasteiger partial charge in [-0.25, -0.2) is 0 Å². The second-order valence-corrected chi connectivity index (χ2v) is 16.3. The molecule has 0 unspecified atom stereocenters. The fourth-order valence-corrected chi connectivity index (χ4v) is 9.33. The van der Waals surface area contributed by atoms with Crippen molar-refractivity contribution in [2.45, 2.75) is 58.2 Å². The molecule has 3 aromatic rings. The average molecular weight is 801 g/mol. The molecule has 0 aliphatic carbocycles. The van der Waals surface area contributed by atoms with Crippen LogP contribution in [0.2, 0.25) is 0 Å². The monoisotopic (exact) mass is 800 g/mol. The van der Waals surface area contributed by atoms with Crippen molar-refractivity contribution < 1.29 is 43.9 Å². The molecule has 6 N–H and O–H groups in total. The maximum absolute atomic E-state index is 12.5. The van der Waals surface area contributed by atoms with Crippen molar-refractivity contribution >= 4 is 17.9 Å². The van der Waals surface area contributed by atoms with E-state index in [4.69, 9.17) is 14.2 Å². The van der Waals surface area contributed by atoms with Crippen LogP contribution in [0.1, 0.15) is 52.6 Å². The molecule has 3 aromatic carbocycles. The number of ether oxygens (including phenoxy) is 3. The highest BCUT2D eigenvalue weighted by Crippen LogP contribution is 2.33. The normalized spacial score (nSPS) is 20.8. The molecule has 3 heterocycles. The van der Waals surface area contributed by atoms with Gasteiger partial charge in [0.05, 0.1) is 39.1 Å². The number of methoxy groups -OCH3 is 3. The van der Waals surface area contributed by atoms with Crippen LogP contribution in [-0.4, -0.2) is 98.7 Å². The fraction of sp³-hybridized carbons (Fsp3) is 0.533. The molecular weight excluding hydrogens is 741 g/mol. The third kappa shape index (κ3) is 10.9. The summed E-state index contributed by atoms with van der Waals surface area (Å²) in [6, 6.07) is 17.7. The van der Waals surface area contributed by atoms with E-state index in [0.717, 1.165) is 72.3 Å². The highest BCUT2D eigenvalue weighted by Gasteiger charge is 2.33. The van der Waals surface area contributed by atoms with Crippen molar-refractivity contribution in [2.75, 3.05) is 60.6 Å². The van der Waals surface area contributed by atoms with Gasteiger partial charge in [0.25, 0.3) is 0 Å². The largest absolute Gasteiger partial charge is 0.496 e. The molecule has 3 aliphatic rings. The highest BCUT2D eigenvalue weighted by atomic mass is 16.5. The number of hydrogen-bond donors (Lipinski definition) is 6. The standard InChI is InChI=1S/C45H60N4O9/c1-56-40-7-4-28(19-37(43(50)51)31-10-13-46-22-31)16-34(40)25-49(26-35-17-29(5-8-41(35)57-2)20-38(44(52)53)32-11-14-47-23-32)27-36-18-30(6-9-42(36)58-3)21-39(45(54)55)33-12-15-48-24-33/h4-9,16-18,31-33,37-39,46-48H,10-15,19-27H2,1-3H3,(H,50,51)(H,52,53)(H,54,55)/t31-,32-,33-,37-,38-,39-/m0/s1. The quantitative estimate of drug-likeness (QED) is 0.0890. The summed E-state index contributed by atoms with van der Waals surface area (Å²) in [5.74, 6) is -1.76. The van der Waals surface area contributed by atoms with Gasteiger partial charge in [-0.1, -0.05) is 36.4 Å². The Morgan fingerprint density at radius 1 is 0.552 bits per heavy atom. The number of hydrogen-bond acceptors (Lipinski definition) is 10. The van der Waals surface area contributed by atoms with Crippen molar-refractivity contribution in [3.8, 4) is 17.2 Å². The molecular formula is C45H60N4O9. The lowest BCUT2D eigenvalue weighted by Gasteiger charge is -2.27. The lowest BCUT2D eigenvalue weighted by molar-refractivity contribution is -0.144. The zero-order chi connectivity index (χ0) is 41.2. The second kappa shape index (κ2) is 20.3. The summed E-state index contributed by atoms with van der Waals surface area (Å²) in [6.45, 7) is 5.75. The molecule has 13 heteroatoms. The van der Waals surface area contributed by atoms with Crippen LogP contribution in [0.25, 0.3) is 0 Å². The first-order valence-electron chi connectivity index (χ1n) is 20.6. The van der Waals surface area contributed by atoms with Crippen LogP contribution in [0, 0.1) is 35.5 Å². The summed E-state index contributed by atoms with van der Waals surface area (Å²) in [5.41, 5.74) is 5.40. The Hall–Kier alpha value is -4.69. The van der Waals surface area contributed by atoms with E-state index in [1.54, 1.807) is 21.3 Å². The van der Waals surface area contributed by atoms with E-state index in [1.165, 1.54) is 0 Å². The molecule has 3 aliphatic heterocycles. The van der Waals surface area contributed by atoms with Crippen molar-refractivity contribution in [3.63, 3.8) is 0 Å². The molecule has 0 amide bonds. The zero-order valence-corrected chi connectivity index (χ0v) is 34.0. The fourth-order valence-electron chi connectivity index (χ4n) is 9.33. The smallest absolute Gasteiger partial charge is 0.307 e. The maximum Gasteiger partial charge on any atom is 0.307 e. The lowest BCUT2D eigenvalue weighted by atomic mass is 9.85. The molecule has 0 spiro atoms. The zero-order valence-electron chi connectivity index (χ0n) is 34.0. The van der Waals surface area contributed by atoms with E-state index in [-0.39, 0.29) is 17.8 Å². The van der Waals surface area contributed by atoms with Crippen molar-refractivity contribution in [1.82, 2.24) is 20.9 Å². The van der Waals surface area contributed by atoms with E-state index >= 15 is 0 Å². The van der Waals surface area contributed by atoms with Gasteiger partial charge in [-0.3, -0.25) is 19.3 Å². The van der Waals surface area contributed by atoms with Gasteiger partial charge in [0.2, 0.25) is 0 Å². The number of carboxylic acids is 3. The summed E-state index contributed by atoms with van der Waals surface area (Å²) in [4.78, 5) is 39.6. The number of nitrogens with zero attached hydrogens (tertiary/aromatic N) is 1. The number of nitrogens with one attached hydrogen (secondary N) is 3. The van der Waals surface area contributed by atoms with Crippen LogP contribution in [-0.2, 0) is 53.3 Å². The molecule has 13 nitrogen and oxygen atoms in total. The molecule has 6 rings (SSSR count). The molecule has 314 valence electrons. The van der Waals surface area contributed by atoms with Crippen LogP contribution in [0.5, 0.6) is 17.2 Å². The van der Waals surface area contributed by atoms with Gasteiger partial charge in [-0.2, -0.15) is 0 Å². The minimum atomic E-state index is -0.796. The second-order valence-electron chi connectivity index (χ2n) is 16.3. The number of benzene rings is 3. The van der Waals surface area contributed by atoms with Gasteiger partial charge in [-0.05, 0) is 130 Å². The van der Waals surface area contributed by atoms with E-state index in [9.17, 15) is 29.7 Å². The molecule has 0 saturated carbocycles. The number of carbonyl (C=O) groups is 3. The van der Waals surface area contributed by atoms with Gasteiger partial charge in [0.15, 0.2) is 0 Å². The Morgan fingerprint density at radius 3 is 1.07 bits per heavy atom. The molecule has 0 aromatic heterocycles. The van der Waals surface area contributed by atoms with Gasteiger partial charge in [-0.15, -0.1) is 0 Å². The molecule has 6 atom stereocenters. The molecule has 3 fully saturated rings. The van der Waals surface area contributed by atoms with Crippen molar-refractivity contribution in [3.05, 3.63) is 88.0 Å². The number of rotatable bonds is 21. The van der Waals surface area contributed by atoms with E-state index < -0.39 is 35.7 Å². The molecule has 3 saturated heterocycles. The van der Waals surface area contributed by atoms with E-state index in [0.29, 0.717) is 75.8 Å². The lowest BCUT2D eigenvalue weighted by Crippen LogP contribution is -2.28. The number of carboxylic acid groups (broad SMARTS) is 3. The predicted molar refractivity (Wildman–Crippen MR) is 219 cm³/mol. The highest BCUT2D eigenvalue weighted by molar-refractivity contribution is 5.72. The van der Waals surface area contributed by atoms with Gasteiger partial charge in [0.1, 0.15) is 17.2 Å². The van der Waals surface area contributed by atoms with Crippen LogP contribution >= 0.6 is 0 Å². The Kier molecular flexibility index (Phi) is 15.0. The average Bonchev–Trinajstić information content (AvgIpc) is 4.04. The van der Waals surface area contributed by atoms with E-state index in [1.807, 2.05) is 54.6 Å². The minimum Gasteiger partial charge on any atom is -0.496 e. The molecule has 0 bridgehead atoms. The topological polar surface area (TPSA) is 179 Å². The van der Waals surface area contributed by atoms with Gasteiger partial charge >= 0.3 is 17.9 Å². The third-order valence-electron chi connectivity index (χ3n) is 12.5. The van der Waals surface area contributed by atoms with Crippen LogP contribution in [0.4, 0.5) is 0 Å². The summed E-state index contributed by atoms with van der Waals surface area (Å²) in [5, 5.41) is 40.6. The Labute approximate surface area is 341 Å². The Bertz CT molecular complexity index is 1660. The Morgan fingerprint density at radius 2 is 0.845 bits per heavy atom. The van der Waals surface area contributed by atoms with Gasteiger partial charge < -0.3 is 45.5 Å². The summed E-state index contributed by atoms with van der Waals surface area (Å²) >= 11 is 0.